The molecule has 226 valence electrons. The number of thiazole rings is 1. The maximum atomic E-state index is 14.1. The minimum atomic E-state index is -0.651. The Labute approximate surface area is 268 Å². The van der Waals surface area contributed by atoms with Gasteiger partial charge in [-0.3, -0.25) is 9.36 Å². The van der Waals surface area contributed by atoms with E-state index in [-0.39, 0.29) is 5.56 Å². The van der Waals surface area contributed by atoms with E-state index < -0.39 is 12.0 Å². The summed E-state index contributed by atoms with van der Waals surface area (Å²) in [6.07, 6.45) is 4.72. The van der Waals surface area contributed by atoms with Gasteiger partial charge in [0.2, 0.25) is 0 Å². The molecule has 44 heavy (non-hydrogen) atoms. The van der Waals surface area contributed by atoms with Gasteiger partial charge in [-0.05, 0) is 66.8 Å². The number of benzene rings is 3. The number of halogens is 1. The average molecular weight is 674 g/mol. The third-order valence-electron chi connectivity index (χ3n) is 7.18. The number of carbonyl (C=O) groups is 1. The molecule has 0 unspecified atom stereocenters. The zero-order chi connectivity index (χ0) is 31.2. The Bertz CT molecular complexity index is 1890. The molecule has 4 aromatic rings. The van der Waals surface area contributed by atoms with E-state index in [1.54, 1.807) is 4.57 Å². The summed E-state index contributed by atoms with van der Waals surface area (Å²) in [5, 5.41) is 0. The van der Waals surface area contributed by atoms with Gasteiger partial charge in [-0.2, -0.15) is 0 Å². The summed E-state index contributed by atoms with van der Waals surface area (Å²) in [6.45, 7) is 8.61. The topological polar surface area (TPSA) is 79.1 Å². The molecule has 9 heteroatoms. The summed E-state index contributed by atoms with van der Waals surface area (Å²) in [6, 6.07) is 20.7. The van der Waals surface area contributed by atoms with Crippen LogP contribution in [0.25, 0.3) is 6.08 Å². The van der Waals surface area contributed by atoms with Crippen LogP contribution < -0.4 is 24.4 Å². The molecule has 2 heterocycles. The third kappa shape index (κ3) is 6.49. The van der Waals surface area contributed by atoms with Gasteiger partial charge in [0.05, 0.1) is 35.6 Å². The van der Waals surface area contributed by atoms with Crippen molar-refractivity contribution in [1.82, 2.24) is 4.57 Å². The molecule has 1 aliphatic heterocycles. The van der Waals surface area contributed by atoms with Crippen LogP contribution in [0.5, 0.6) is 11.5 Å². The van der Waals surface area contributed by atoms with Gasteiger partial charge in [0.25, 0.3) is 5.56 Å². The molecule has 0 saturated carbocycles. The highest BCUT2D eigenvalue weighted by atomic mass is 79.9. The van der Waals surface area contributed by atoms with E-state index in [9.17, 15) is 9.59 Å². The van der Waals surface area contributed by atoms with Crippen molar-refractivity contribution >= 4 is 39.3 Å². The molecule has 1 atom stereocenters. The lowest BCUT2D eigenvalue weighted by molar-refractivity contribution is -0.136. The molecule has 1 aromatic heterocycles. The van der Waals surface area contributed by atoms with Gasteiger partial charge in [0.15, 0.2) is 16.3 Å². The van der Waals surface area contributed by atoms with Crippen molar-refractivity contribution < 1.29 is 19.0 Å². The number of fused-ring (bicyclic) bond motifs is 1. The first-order valence-corrected chi connectivity index (χ1v) is 15.9. The van der Waals surface area contributed by atoms with E-state index >= 15 is 0 Å². The van der Waals surface area contributed by atoms with Crippen LogP contribution in [0.1, 0.15) is 48.6 Å². The molecule has 0 N–H and O–H groups in total. The van der Waals surface area contributed by atoms with Crippen molar-refractivity contribution in [3.8, 4) is 11.5 Å². The van der Waals surface area contributed by atoms with E-state index in [0.29, 0.717) is 58.2 Å². The number of aromatic nitrogens is 1. The molecule has 0 radical (unpaired) electrons. The number of esters is 1. The van der Waals surface area contributed by atoms with Gasteiger partial charge >= 0.3 is 5.97 Å². The summed E-state index contributed by atoms with van der Waals surface area (Å²) in [4.78, 5) is 32.4. The van der Waals surface area contributed by atoms with Crippen LogP contribution >= 0.6 is 27.3 Å². The predicted molar refractivity (Wildman–Crippen MR) is 177 cm³/mol. The number of ether oxygens (including phenoxy) is 3. The molecular formula is C35H33BrN2O5S. The second kappa shape index (κ2) is 14.1. The highest BCUT2D eigenvalue weighted by molar-refractivity contribution is 9.10. The Morgan fingerprint density at radius 2 is 1.84 bits per heavy atom. The first-order valence-electron chi connectivity index (χ1n) is 14.3. The fourth-order valence-electron chi connectivity index (χ4n) is 5.20. The molecule has 7 nitrogen and oxygen atoms in total. The zero-order valence-electron chi connectivity index (χ0n) is 24.8. The monoisotopic (exact) mass is 672 g/mol. The standard InChI is InChI=1S/C35H33BrN2O5S/c1-5-11-25-18-23(19-28(42-7-3)32(25)43-21-22-14-16-26(36)17-15-22)20-29-33(39)38-31(24-12-9-8-10-13-24)30(34(40)41-4)27(6-2)37-35(38)44-29/h5,8-10,12-20,31H,1,6-7,11,21H2,2-4H3/b29-20-/t31-/m0/s1. The van der Waals surface area contributed by atoms with Crippen LogP contribution in [-0.2, 0) is 22.6 Å². The molecule has 0 aliphatic carbocycles. The lowest BCUT2D eigenvalue weighted by Crippen LogP contribution is -2.40. The van der Waals surface area contributed by atoms with Crippen LogP contribution in [0.15, 0.2) is 105 Å². The summed E-state index contributed by atoms with van der Waals surface area (Å²) in [5.41, 5.74) is 4.25. The zero-order valence-corrected chi connectivity index (χ0v) is 27.2. The lowest BCUT2D eigenvalue weighted by Gasteiger charge is -2.25. The van der Waals surface area contributed by atoms with Crippen molar-refractivity contribution in [3.63, 3.8) is 0 Å². The van der Waals surface area contributed by atoms with Crippen LogP contribution in [-0.4, -0.2) is 24.3 Å². The largest absolute Gasteiger partial charge is 0.490 e. The molecule has 0 spiro atoms. The van der Waals surface area contributed by atoms with Crippen LogP contribution in [0.4, 0.5) is 0 Å². The van der Waals surface area contributed by atoms with E-state index in [2.05, 4.69) is 22.5 Å². The van der Waals surface area contributed by atoms with Gasteiger partial charge in [-0.25, -0.2) is 9.79 Å². The summed E-state index contributed by atoms with van der Waals surface area (Å²) in [5.74, 6) is 0.738. The molecule has 0 saturated heterocycles. The Morgan fingerprint density at radius 3 is 2.50 bits per heavy atom. The molecule has 0 bridgehead atoms. The fraction of sp³-hybridized carbons (Fsp3) is 0.229. The molecular weight excluding hydrogens is 640 g/mol. The van der Waals surface area contributed by atoms with E-state index in [4.69, 9.17) is 19.2 Å². The van der Waals surface area contributed by atoms with Crippen molar-refractivity contribution in [3.05, 3.63) is 137 Å². The summed E-state index contributed by atoms with van der Waals surface area (Å²) < 4.78 is 20.6. The highest BCUT2D eigenvalue weighted by Crippen LogP contribution is 2.35. The first kappa shape index (κ1) is 31.2. The van der Waals surface area contributed by atoms with Crippen molar-refractivity contribution in [2.75, 3.05) is 13.7 Å². The Morgan fingerprint density at radius 1 is 1.09 bits per heavy atom. The number of allylic oxidation sites excluding steroid dienone is 2. The van der Waals surface area contributed by atoms with Crippen LogP contribution in [0, 0.1) is 0 Å². The number of hydrogen-bond acceptors (Lipinski definition) is 7. The van der Waals surface area contributed by atoms with Crippen molar-refractivity contribution in [2.24, 2.45) is 4.99 Å². The second-order valence-corrected chi connectivity index (χ2v) is 12.0. The van der Waals surface area contributed by atoms with E-state index in [1.165, 1.54) is 18.4 Å². The van der Waals surface area contributed by atoms with E-state index in [0.717, 1.165) is 26.7 Å². The van der Waals surface area contributed by atoms with Crippen LogP contribution in [0.3, 0.4) is 0 Å². The number of nitrogens with zero attached hydrogens (tertiary/aromatic N) is 2. The maximum Gasteiger partial charge on any atom is 0.338 e. The van der Waals surface area contributed by atoms with Crippen molar-refractivity contribution in [2.45, 2.75) is 39.3 Å². The maximum absolute atomic E-state index is 14.1. The smallest absolute Gasteiger partial charge is 0.338 e. The number of rotatable bonds is 11. The quantitative estimate of drug-likeness (QED) is 0.139. The fourth-order valence-corrected chi connectivity index (χ4v) is 6.49. The van der Waals surface area contributed by atoms with Gasteiger partial charge in [0, 0.05) is 10.0 Å². The number of carbonyl (C=O) groups excluding carboxylic acids is 1. The van der Waals surface area contributed by atoms with Gasteiger partial charge in [0.1, 0.15) is 6.61 Å². The minimum absolute atomic E-state index is 0.238. The highest BCUT2D eigenvalue weighted by Gasteiger charge is 2.33. The summed E-state index contributed by atoms with van der Waals surface area (Å²) >= 11 is 4.76. The molecule has 5 rings (SSSR count). The van der Waals surface area contributed by atoms with Gasteiger partial charge < -0.3 is 14.2 Å². The SMILES string of the molecule is C=CCc1cc(/C=c2\sc3n(c2=O)[C@@H](c2ccccc2)C(C(=O)OC)=C(CC)N=3)cc(OCC)c1OCc1ccc(Br)cc1. The minimum Gasteiger partial charge on any atom is -0.490 e. The van der Waals surface area contributed by atoms with Gasteiger partial charge in [-0.15, -0.1) is 6.58 Å². The number of methoxy groups -OCH3 is 1. The Hall–Kier alpha value is -4.21. The lowest BCUT2D eigenvalue weighted by atomic mass is 9.95. The Kier molecular flexibility index (Phi) is 9.97. The van der Waals surface area contributed by atoms with Crippen LogP contribution in [0.2, 0.25) is 0 Å². The van der Waals surface area contributed by atoms with Crippen molar-refractivity contribution in [1.29, 1.82) is 0 Å². The normalized spacial score (nSPS) is 14.5. The third-order valence-corrected chi connectivity index (χ3v) is 8.69. The Balaban J connectivity index is 1.63. The van der Waals surface area contributed by atoms with E-state index in [1.807, 2.05) is 92.7 Å². The first-order chi connectivity index (χ1) is 21.4. The molecule has 0 amide bonds. The predicted octanol–water partition coefficient (Wildman–Crippen LogP) is 6.27. The molecule has 3 aromatic carbocycles. The molecule has 0 fully saturated rings. The van der Waals surface area contributed by atoms with Gasteiger partial charge in [-0.1, -0.05) is 82.7 Å². The second-order valence-electron chi connectivity index (χ2n) is 10.0. The number of hydrogen-bond donors (Lipinski definition) is 0. The summed E-state index contributed by atoms with van der Waals surface area (Å²) in [7, 11) is 1.35. The molecule has 1 aliphatic rings. The average Bonchev–Trinajstić information content (AvgIpc) is 3.34.